The van der Waals surface area contributed by atoms with Crippen LogP contribution in [0.3, 0.4) is 0 Å². The Hall–Kier alpha value is -3.19. The quantitative estimate of drug-likeness (QED) is 0.488. The summed E-state index contributed by atoms with van der Waals surface area (Å²) in [6.07, 6.45) is 0.863. The van der Waals surface area contributed by atoms with Crippen LogP contribution in [0, 0.1) is 5.82 Å². The number of carbonyl (C=O) groups is 1. The maximum atomic E-state index is 15.5. The van der Waals surface area contributed by atoms with E-state index in [0.717, 1.165) is 11.2 Å². The van der Waals surface area contributed by atoms with E-state index in [1.807, 2.05) is 0 Å². The van der Waals surface area contributed by atoms with E-state index in [2.05, 4.69) is 9.98 Å². The molecule has 1 saturated heterocycles. The Morgan fingerprint density at radius 3 is 2.59 bits per heavy atom. The lowest BCUT2D eigenvalue weighted by atomic mass is 9.77. The molecular formula is C26H32F3N5O4S. The molecule has 4 rings (SSSR count). The van der Waals surface area contributed by atoms with Gasteiger partial charge in [-0.25, -0.2) is 35.9 Å². The molecule has 0 aliphatic carbocycles. The summed E-state index contributed by atoms with van der Waals surface area (Å²) in [4.78, 5) is 23.1. The number of ether oxygens (including phenoxy) is 1. The first-order valence-electron chi connectivity index (χ1n) is 12.4. The third-order valence-corrected chi connectivity index (χ3v) is 10.4. The van der Waals surface area contributed by atoms with Crippen LogP contribution in [0.2, 0.25) is 0 Å². The van der Waals surface area contributed by atoms with Gasteiger partial charge < -0.3 is 15.4 Å². The van der Waals surface area contributed by atoms with Gasteiger partial charge in [0.1, 0.15) is 27.5 Å². The molecule has 13 heteroatoms. The predicted octanol–water partition coefficient (Wildman–Crippen LogP) is 2.95. The number of ketones is 1. The van der Waals surface area contributed by atoms with E-state index in [9.17, 15) is 22.0 Å². The molecule has 9 nitrogen and oxygen atoms in total. The van der Waals surface area contributed by atoms with Crippen molar-refractivity contribution in [1.82, 2.24) is 14.2 Å². The van der Waals surface area contributed by atoms with Gasteiger partial charge in [-0.2, -0.15) is 0 Å². The van der Waals surface area contributed by atoms with Crippen molar-refractivity contribution in [2.75, 3.05) is 33.8 Å². The van der Waals surface area contributed by atoms with E-state index in [-0.39, 0.29) is 55.5 Å². The van der Waals surface area contributed by atoms with Crippen LogP contribution in [0.25, 0.3) is 0 Å². The molecule has 1 spiro atoms. The minimum atomic E-state index is -4.20. The topological polar surface area (TPSA) is 118 Å². The van der Waals surface area contributed by atoms with E-state index in [1.165, 1.54) is 51.5 Å². The zero-order valence-electron chi connectivity index (χ0n) is 22.2. The van der Waals surface area contributed by atoms with Crippen LogP contribution in [0.15, 0.2) is 41.5 Å². The number of aliphatic imine (C=N–C) groups is 1. The summed E-state index contributed by atoms with van der Waals surface area (Å²) in [5.74, 6) is -3.80. The molecule has 0 radical (unpaired) electrons. The van der Waals surface area contributed by atoms with Crippen LogP contribution < -0.4 is 10.5 Å². The highest BCUT2D eigenvalue weighted by Gasteiger charge is 2.66. The number of halogens is 3. The number of hydrogen-bond acceptors (Lipinski definition) is 8. The largest absolute Gasteiger partial charge is 0.495 e. The third-order valence-electron chi connectivity index (χ3n) is 7.76. The fourth-order valence-corrected chi connectivity index (χ4v) is 7.52. The van der Waals surface area contributed by atoms with Gasteiger partial charge >= 0.3 is 0 Å². The van der Waals surface area contributed by atoms with Gasteiger partial charge in [0.2, 0.25) is 21.9 Å². The lowest BCUT2D eigenvalue weighted by molar-refractivity contribution is 0.00470. The number of carbonyl (C=O) groups excluding carboxylic acids is 1. The van der Waals surface area contributed by atoms with Gasteiger partial charge in [-0.3, -0.25) is 4.79 Å². The first-order chi connectivity index (χ1) is 18.1. The normalized spacial score (nSPS) is 25.1. The number of nitrogens with two attached hydrogens (primary N) is 1. The molecule has 1 aromatic heterocycles. The second kappa shape index (κ2) is 10.1. The summed E-state index contributed by atoms with van der Waals surface area (Å²) in [6.45, 7) is 2.34. The Labute approximate surface area is 225 Å². The van der Waals surface area contributed by atoms with E-state index in [0.29, 0.717) is 11.3 Å². The number of likely N-dealkylation sites (tertiary alicyclic amines) is 1. The number of guanidine groups is 1. The molecule has 2 atom stereocenters. The summed E-state index contributed by atoms with van der Waals surface area (Å²) in [6, 6.07) is 7.15. The highest BCUT2D eigenvalue weighted by atomic mass is 32.2. The molecule has 0 saturated carbocycles. The zero-order valence-corrected chi connectivity index (χ0v) is 23.1. The molecule has 0 bridgehead atoms. The van der Waals surface area contributed by atoms with Crippen LogP contribution in [0.4, 0.5) is 13.2 Å². The molecule has 2 aromatic rings. The fourth-order valence-electron chi connectivity index (χ4n) is 5.35. The van der Waals surface area contributed by atoms with Crippen molar-refractivity contribution < 1.29 is 31.1 Å². The Morgan fingerprint density at radius 2 is 1.97 bits per heavy atom. The number of nitrogens with zero attached hydrogens (tertiary/aromatic N) is 4. The predicted molar refractivity (Wildman–Crippen MR) is 140 cm³/mol. The molecule has 2 aliphatic heterocycles. The molecule has 0 amide bonds. The minimum absolute atomic E-state index is 0.0284. The zero-order chi connectivity index (χ0) is 28.8. The van der Waals surface area contributed by atoms with Gasteiger partial charge in [-0.15, -0.1) is 0 Å². The summed E-state index contributed by atoms with van der Waals surface area (Å²) < 4.78 is 74.7. The molecule has 1 aromatic carbocycles. The lowest BCUT2D eigenvalue weighted by Crippen LogP contribution is -2.66. The smallest absolute Gasteiger partial charge is 0.247 e. The van der Waals surface area contributed by atoms with Gasteiger partial charge in [0.25, 0.3) is 0 Å². The maximum absolute atomic E-state index is 15.5. The van der Waals surface area contributed by atoms with Crippen molar-refractivity contribution in [3.05, 3.63) is 59.2 Å². The number of pyridine rings is 1. The van der Waals surface area contributed by atoms with Gasteiger partial charge in [-0.05, 0) is 56.6 Å². The number of hydrogen-bond donors (Lipinski definition) is 1. The summed E-state index contributed by atoms with van der Waals surface area (Å²) >= 11 is 0. The number of sulfonamides is 1. The average Bonchev–Trinajstić information content (AvgIpc) is 3.33. The Morgan fingerprint density at radius 1 is 1.26 bits per heavy atom. The van der Waals surface area contributed by atoms with E-state index < -0.39 is 38.5 Å². The Kier molecular flexibility index (Phi) is 7.45. The van der Waals surface area contributed by atoms with Crippen molar-refractivity contribution >= 4 is 21.8 Å². The van der Waals surface area contributed by atoms with Crippen LogP contribution in [-0.2, 0) is 22.0 Å². The minimum Gasteiger partial charge on any atom is -0.495 e. The van der Waals surface area contributed by atoms with Crippen LogP contribution in [-0.4, -0.2) is 78.8 Å². The standard InChI is InChI=1S/C26H32F3N5O4S/c1-24(28,29)9-11-34-12-10-26(16-34)25(2,32-23(30)33(3)39(26,36)37)19-13-17(5-7-20(19)27)14-22(35)21-8-6-18(38-4)15-31-21/h5-8,13,15H,9-12,14,16H2,1-4H3,(H2,30,32)/t25-,26+/m1/s1. The molecule has 3 heterocycles. The van der Waals surface area contributed by atoms with Crippen LogP contribution >= 0.6 is 0 Å². The molecule has 2 aliphatic rings. The number of methoxy groups -OCH3 is 1. The number of alkyl halides is 2. The van der Waals surface area contributed by atoms with Crippen molar-refractivity contribution in [3.8, 4) is 5.75 Å². The lowest BCUT2D eigenvalue weighted by Gasteiger charge is -2.48. The second-order valence-electron chi connectivity index (χ2n) is 10.4. The van der Waals surface area contributed by atoms with E-state index in [4.69, 9.17) is 10.5 Å². The summed E-state index contributed by atoms with van der Waals surface area (Å²) in [5, 5.41) is 0. The van der Waals surface area contributed by atoms with Gasteiger partial charge in [0.15, 0.2) is 5.78 Å². The SMILES string of the molecule is COc1ccc(C(=O)Cc2ccc(F)c([C@@]3(C)N=C(N)N(C)S(=O)(=O)[C@]34CCN(CCC(C)(F)F)C4)c2)nc1. The van der Waals surface area contributed by atoms with Gasteiger partial charge in [0.05, 0.1) is 13.3 Å². The molecule has 39 heavy (non-hydrogen) atoms. The number of Topliss-reactive ketones (excluding diaryl/α,β-unsaturated/α-hetero) is 1. The summed E-state index contributed by atoms with van der Waals surface area (Å²) in [5.41, 5.74) is 4.90. The van der Waals surface area contributed by atoms with Crippen molar-refractivity contribution in [2.45, 2.75) is 49.3 Å². The van der Waals surface area contributed by atoms with Gasteiger partial charge in [0, 0.05) is 38.5 Å². The monoisotopic (exact) mass is 567 g/mol. The number of benzene rings is 1. The van der Waals surface area contributed by atoms with Crippen LogP contribution in [0.5, 0.6) is 5.75 Å². The number of aromatic nitrogens is 1. The first-order valence-corrected chi connectivity index (χ1v) is 13.8. The molecule has 2 N–H and O–H groups in total. The molecule has 212 valence electrons. The fraction of sp³-hybridized carbons (Fsp3) is 0.500. The van der Waals surface area contributed by atoms with Crippen molar-refractivity contribution in [3.63, 3.8) is 0 Å². The van der Waals surface area contributed by atoms with E-state index >= 15 is 4.39 Å². The van der Waals surface area contributed by atoms with Gasteiger partial charge in [-0.1, -0.05) is 6.07 Å². The average molecular weight is 568 g/mol. The molecule has 0 unspecified atom stereocenters. The molecule has 1 fully saturated rings. The highest BCUT2D eigenvalue weighted by Crippen LogP contribution is 2.51. The van der Waals surface area contributed by atoms with Crippen molar-refractivity contribution in [1.29, 1.82) is 0 Å². The molecular weight excluding hydrogens is 535 g/mol. The number of rotatable bonds is 8. The highest BCUT2D eigenvalue weighted by molar-refractivity contribution is 7.91. The van der Waals surface area contributed by atoms with E-state index in [1.54, 1.807) is 11.0 Å². The summed E-state index contributed by atoms with van der Waals surface area (Å²) in [7, 11) is -1.45. The Balaban J connectivity index is 1.74. The Bertz CT molecular complexity index is 1400. The van der Waals surface area contributed by atoms with Crippen molar-refractivity contribution in [2.24, 2.45) is 10.7 Å². The van der Waals surface area contributed by atoms with Crippen LogP contribution in [0.1, 0.15) is 48.3 Å². The third kappa shape index (κ3) is 5.09. The first kappa shape index (κ1) is 28.8. The maximum Gasteiger partial charge on any atom is 0.247 e. The second-order valence-corrected chi connectivity index (χ2v) is 12.6.